The molecule has 1 aliphatic rings. The molecule has 1 aromatic carbocycles. The summed E-state index contributed by atoms with van der Waals surface area (Å²) in [6, 6.07) is 7.96. The van der Waals surface area contributed by atoms with Gasteiger partial charge in [0.1, 0.15) is 12.4 Å². The minimum atomic E-state index is -1.57. The molecule has 112 valence electrons. The summed E-state index contributed by atoms with van der Waals surface area (Å²) in [5.74, 6) is 1.06. The molecule has 0 aliphatic carbocycles. The van der Waals surface area contributed by atoms with Crippen molar-refractivity contribution in [3.8, 4) is 5.75 Å². The van der Waals surface area contributed by atoms with E-state index in [1.54, 1.807) is 16.8 Å². The number of hydrogen-bond acceptors (Lipinski definition) is 6. The third-order valence-corrected chi connectivity index (χ3v) is 4.41. The van der Waals surface area contributed by atoms with Crippen LogP contribution >= 0.6 is 11.3 Å². The lowest BCUT2D eigenvalue weighted by Crippen LogP contribution is -2.26. The van der Waals surface area contributed by atoms with Crippen LogP contribution in [0.5, 0.6) is 5.75 Å². The summed E-state index contributed by atoms with van der Waals surface area (Å²) in [6.07, 6.45) is 0.837. The Labute approximate surface area is 129 Å². The predicted molar refractivity (Wildman–Crippen MR) is 80.1 cm³/mol. The Balaban J connectivity index is 1.50. The van der Waals surface area contributed by atoms with Gasteiger partial charge in [0.25, 0.3) is 0 Å². The summed E-state index contributed by atoms with van der Waals surface area (Å²) >= 11 is -0.00489. The minimum Gasteiger partial charge on any atom is -0.487 e. The average Bonchev–Trinajstić information content (AvgIpc) is 3.02. The van der Waals surface area contributed by atoms with Crippen molar-refractivity contribution in [3.05, 3.63) is 46.4 Å². The van der Waals surface area contributed by atoms with E-state index >= 15 is 0 Å². The fourth-order valence-corrected chi connectivity index (χ4v) is 3.24. The van der Waals surface area contributed by atoms with E-state index in [2.05, 4.69) is 4.98 Å². The highest BCUT2D eigenvalue weighted by atomic mass is 32.2. The maximum Gasteiger partial charge on any atom is 0.304 e. The molecule has 0 radical (unpaired) electrons. The van der Waals surface area contributed by atoms with Gasteiger partial charge in [-0.15, -0.1) is 11.3 Å². The number of nitrogens with zero attached hydrogens (tertiary/aromatic N) is 1. The van der Waals surface area contributed by atoms with E-state index in [-0.39, 0.29) is 5.92 Å². The topological polar surface area (TPSA) is 57.7 Å². The Hall–Kier alpha value is -1.28. The second-order valence-electron chi connectivity index (χ2n) is 4.76. The summed E-state index contributed by atoms with van der Waals surface area (Å²) in [6.45, 7) is 1.42. The molecule has 0 unspecified atom stereocenters. The molecular formula is C14H15NO4S2. The first-order chi connectivity index (χ1) is 10.3. The molecule has 0 atom stereocenters. The third-order valence-electron chi connectivity index (χ3n) is 3.12. The van der Waals surface area contributed by atoms with Crippen LogP contribution < -0.4 is 4.74 Å². The van der Waals surface area contributed by atoms with Gasteiger partial charge < -0.3 is 4.74 Å². The lowest BCUT2D eigenvalue weighted by molar-refractivity contribution is 0.124. The molecule has 2 aromatic rings. The molecule has 2 heterocycles. The molecule has 1 aliphatic heterocycles. The van der Waals surface area contributed by atoms with Crippen LogP contribution in [0.15, 0.2) is 35.2 Å². The van der Waals surface area contributed by atoms with Gasteiger partial charge in [0.2, 0.25) is 0 Å². The molecule has 0 saturated carbocycles. The van der Waals surface area contributed by atoms with Crippen LogP contribution in [0.25, 0.3) is 0 Å². The molecule has 5 nitrogen and oxygen atoms in total. The van der Waals surface area contributed by atoms with Crippen LogP contribution in [0.3, 0.4) is 0 Å². The summed E-state index contributed by atoms with van der Waals surface area (Å²) in [4.78, 5) is 4.17. The summed E-state index contributed by atoms with van der Waals surface area (Å²) in [7, 11) is 0. The monoisotopic (exact) mass is 325 g/mol. The standard InChI is InChI=1S/C14H15NO4S2/c16-21-18-6-12(7-19-21)5-11-1-3-14(4-2-11)17-8-13-9-20-10-15-13/h1-4,9-10,12H,5-8H2. The first-order valence-electron chi connectivity index (χ1n) is 6.57. The molecule has 3 rings (SSSR count). The molecule has 1 saturated heterocycles. The van der Waals surface area contributed by atoms with Crippen LogP contribution in [0, 0.1) is 5.92 Å². The van der Waals surface area contributed by atoms with Crippen molar-refractivity contribution in [2.75, 3.05) is 13.2 Å². The number of hydrogen-bond donors (Lipinski definition) is 0. The Bertz CT molecular complexity index is 576. The average molecular weight is 325 g/mol. The summed E-state index contributed by atoms with van der Waals surface area (Å²) in [5, 5.41) is 1.97. The molecule has 21 heavy (non-hydrogen) atoms. The molecule has 0 spiro atoms. The Morgan fingerprint density at radius 3 is 2.71 bits per heavy atom. The van der Waals surface area contributed by atoms with Crippen molar-refractivity contribution in [1.29, 1.82) is 0 Å². The molecule has 1 aromatic heterocycles. The quantitative estimate of drug-likeness (QED) is 0.845. The smallest absolute Gasteiger partial charge is 0.304 e. The lowest BCUT2D eigenvalue weighted by atomic mass is 10.0. The van der Waals surface area contributed by atoms with E-state index in [9.17, 15) is 4.21 Å². The van der Waals surface area contributed by atoms with Gasteiger partial charge in [0, 0.05) is 11.3 Å². The zero-order valence-electron chi connectivity index (χ0n) is 11.3. The van der Waals surface area contributed by atoms with Crippen LogP contribution in [0.2, 0.25) is 0 Å². The minimum absolute atomic E-state index is 0.240. The highest BCUT2D eigenvalue weighted by molar-refractivity contribution is 7.75. The Morgan fingerprint density at radius 2 is 2.05 bits per heavy atom. The van der Waals surface area contributed by atoms with Gasteiger partial charge in [0.15, 0.2) is 0 Å². The zero-order valence-corrected chi connectivity index (χ0v) is 12.9. The number of aromatic nitrogens is 1. The number of benzene rings is 1. The van der Waals surface area contributed by atoms with Gasteiger partial charge in [-0.25, -0.2) is 4.98 Å². The van der Waals surface area contributed by atoms with Gasteiger partial charge in [-0.1, -0.05) is 12.1 Å². The highest BCUT2D eigenvalue weighted by Crippen LogP contribution is 2.19. The maximum absolute atomic E-state index is 10.9. The molecule has 0 N–H and O–H groups in total. The van der Waals surface area contributed by atoms with Crippen molar-refractivity contribution in [3.63, 3.8) is 0 Å². The van der Waals surface area contributed by atoms with Gasteiger partial charge in [-0.2, -0.15) is 4.21 Å². The molecule has 1 fully saturated rings. The van der Waals surface area contributed by atoms with Crippen LogP contribution in [-0.2, 0) is 32.8 Å². The van der Waals surface area contributed by atoms with Crippen LogP contribution in [0.4, 0.5) is 0 Å². The highest BCUT2D eigenvalue weighted by Gasteiger charge is 2.19. The molecule has 0 amide bonds. The first-order valence-corrected chi connectivity index (χ1v) is 8.51. The van der Waals surface area contributed by atoms with Crippen molar-refractivity contribution in [1.82, 2.24) is 4.98 Å². The SMILES string of the molecule is O=S1OCC(Cc2ccc(OCc3cscn3)cc2)CO1. The fourth-order valence-electron chi connectivity index (χ4n) is 2.02. The van der Waals surface area contributed by atoms with Crippen molar-refractivity contribution >= 4 is 22.7 Å². The normalized spacial score (nSPS) is 22.1. The second kappa shape index (κ2) is 7.13. The third kappa shape index (κ3) is 4.34. The van der Waals surface area contributed by atoms with Crippen LogP contribution in [0.1, 0.15) is 11.3 Å². The van der Waals surface area contributed by atoms with Gasteiger partial charge in [-0.3, -0.25) is 8.37 Å². The van der Waals surface area contributed by atoms with Gasteiger partial charge in [-0.05, 0) is 24.1 Å². The largest absolute Gasteiger partial charge is 0.487 e. The Kier molecular flexibility index (Phi) is 4.97. The van der Waals surface area contributed by atoms with E-state index in [1.807, 2.05) is 29.6 Å². The van der Waals surface area contributed by atoms with Crippen molar-refractivity contribution < 1.29 is 17.3 Å². The first kappa shape index (κ1) is 14.6. The van der Waals surface area contributed by atoms with Crippen molar-refractivity contribution in [2.24, 2.45) is 5.92 Å². The predicted octanol–water partition coefficient (Wildman–Crippen LogP) is 2.51. The molecule has 0 bridgehead atoms. The number of rotatable bonds is 5. The van der Waals surface area contributed by atoms with Gasteiger partial charge in [0.05, 0.1) is 24.4 Å². The lowest BCUT2D eigenvalue weighted by Gasteiger charge is -2.20. The second-order valence-corrected chi connectivity index (χ2v) is 6.35. The Morgan fingerprint density at radius 1 is 1.29 bits per heavy atom. The van der Waals surface area contributed by atoms with E-state index in [0.717, 1.165) is 17.9 Å². The van der Waals surface area contributed by atoms with Crippen LogP contribution in [-0.4, -0.2) is 22.4 Å². The number of ether oxygens (including phenoxy) is 1. The molecule has 7 heteroatoms. The summed E-state index contributed by atoms with van der Waals surface area (Å²) in [5.41, 5.74) is 3.91. The van der Waals surface area contributed by atoms with E-state index < -0.39 is 11.4 Å². The molecular weight excluding hydrogens is 310 g/mol. The fraction of sp³-hybridized carbons (Fsp3) is 0.357. The van der Waals surface area contributed by atoms with Gasteiger partial charge >= 0.3 is 11.4 Å². The zero-order chi connectivity index (χ0) is 14.5. The van der Waals surface area contributed by atoms with E-state index in [4.69, 9.17) is 13.1 Å². The maximum atomic E-state index is 10.9. The van der Waals surface area contributed by atoms with Crippen molar-refractivity contribution in [2.45, 2.75) is 13.0 Å². The van der Waals surface area contributed by atoms with E-state index in [0.29, 0.717) is 19.8 Å². The van der Waals surface area contributed by atoms with E-state index in [1.165, 1.54) is 5.56 Å². The number of thiazole rings is 1. The summed E-state index contributed by atoms with van der Waals surface area (Å²) < 4.78 is 26.6.